The summed E-state index contributed by atoms with van der Waals surface area (Å²) in [6, 6.07) is 14.1. The maximum Gasteiger partial charge on any atom is 0.307 e. The first-order valence-corrected chi connectivity index (χ1v) is 11.0. The fourth-order valence-corrected chi connectivity index (χ4v) is 4.12. The van der Waals surface area contributed by atoms with Crippen LogP contribution in [0.2, 0.25) is 0 Å². The van der Waals surface area contributed by atoms with Gasteiger partial charge in [-0.05, 0) is 30.5 Å². The summed E-state index contributed by atoms with van der Waals surface area (Å²) in [6.07, 6.45) is -1.39. The standard InChI is InChI=1S/C26H27NO6/c1-4-32-23-18-7-5-6-8-19(18)24(33-14-15(2)3)22-21(23)25(30)27(26(22)31)17-11-9-16(10-12-17)13-20(28)29/h5-12,15,25,30H,4,13-14H2,1-3H3,(H,28,29). The molecule has 33 heavy (non-hydrogen) atoms. The van der Waals surface area contributed by atoms with Crippen LogP contribution in [0.3, 0.4) is 0 Å². The molecule has 4 rings (SSSR count). The number of aliphatic carboxylic acids is 1. The highest BCUT2D eigenvalue weighted by Crippen LogP contribution is 2.50. The molecule has 1 unspecified atom stereocenters. The summed E-state index contributed by atoms with van der Waals surface area (Å²) in [6.45, 7) is 6.69. The SMILES string of the molecule is CCOc1c2c(c(OCC(C)C)c3ccccc13)C(=O)N(c1ccc(CC(=O)O)cc1)C2O. The zero-order valence-electron chi connectivity index (χ0n) is 18.9. The van der Waals surface area contributed by atoms with Crippen LogP contribution in [-0.2, 0) is 11.2 Å². The first-order valence-electron chi connectivity index (χ1n) is 11.0. The fourth-order valence-electron chi connectivity index (χ4n) is 4.12. The van der Waals surface area contributed by atoms with Crippen LogP contribution < -0.4 is 14.4 Å². The number of ether oxygens (including phenoxy) is 2. The molecule has 3 aromatic rings. The van der Waals surface area contributed by atoms with Crippen LogP contribution in [0.4, 0.5) is 5.69 Å². The number of carbonyl (C=O) groups excluding carboxylic acids is 1. The number of nitrogens with zero attached hydrogens (tertiary/aromatic N) is 1. The molecule has 0 radical (unpaired) electrons. The summed E-state index contributed by atoms with van der Waals surface area (Å²) in [5, 5.41) is 21.9. The van der Waals surface area contributed by atoms with Crippen molar-refractivity contribution in [1.29, 1.82) is 0 Å². The number of carbonyl (C=O) groups is 2. The van der Waals surface area contributed by atoms with Crippen LogP contribution in [0, 0.1) is 5.92 Å². The highest BCUT2D eigenvalue weighted by Gasteiger charge is 2.43. The average Bonchev–Trinajstić information content (AvgIpc) is 3.04. The van der Waals surface area contributed by atoms with Gasteiger partial charge in [0.2, 0.25) is 0 Å². The average molecular weight is 450 g/mol. The smallest absolute Gasteiger partial charge is 0.307 e. The number of amides is 1. The van der Waals surface area contributed by atoms with Gasteiger partial charge in [0, 0.05) is 16.5 Å². The summed E-state index contributed by atoms with van der Waals surface area (Å²) in [7, 11) is 0. The number of carboxylic acid groups (broad SMARTS) is 1. The predicted octanol–water partition coefficient (Wildman–Crippen LogP) is 4.55. The number of hydrogen-bond acceptors (Lipinski definition) is 5. The molecular weight excluding hydrogens is 422 g/mol. The van der Waals surface area contributed by atoms with Crippen molar-refractivity contribution in [2.75, 3.05) is 18.1 Å². The zero-order valence-corrected chi connectivity index (χ0v) is 18.9. The summed E-state index contributed by atoms with van der Waals surface area (Å²) in [5.74, 6) is -0.190. The molecule has 7 nitrogen and oxygen atoms in total. The number of fused-ring (bicyclic) bond motifs is 2. The van der Waals surface area contributed by atoms with E-state index >= 15 is 0 Å². The van der Waals surface area contributed by atoms with E-state index in [4.69, 9.17) is 14.6 Å². The van der Waals surface area contributed by atoms with E-state index in [0.29, 0.717) is 47.1 Å². The third-order valence-electron chi connectivity index (χ3n) is 5.51. The van der Waals surface area contributed by atoms with Gasteiger partial charge in [-0.25, -0.2) is 0 Å². The lowest BCUT2D eigenvalue weighted by Crippen LogP contribution is -2.27. The van der Waals surface area contributed by atoms with Gasteiger partial charge in [-0.1, -0.05) is 50.2 Å². The second-order valence-electron chi connectivity index (χ2n) is 8.42. The van der Waals surface area contributed by atoms with Crippen molar-refractivity contribution in [3.05, 3.63) is 65.2 Å². The molecule has 1 amide bonds. The first-order chi connectivity index (χ1) is 15.8. The highest BCUT2D eigenvalue weighted by atomic mass is 16.5. The van der Waals surface area contributed by atoms with E-state index < -0.39 is 18.1 Å². The van der Waals surface area contributed by atoms with E-state index in [1.54, 1.807) is 24.3 Å². The van der Waals surface area contributed by atoms with Gasteiger partial charge in [0.1, 0.15) is 11.5 Å². The topological polar surface area (TPSA) is 96.3 Å². The molecule has 1 heterocycles. The number of benzene rings is 3. The number of rotatable bonds is 8. The number of anilines is 1. The Kier molecular flexibility index (Phi) is 6.24. The Balaban J connectivity index is 1.88. The van der Waals surface area contributed by atoms with E-state index in [1.165, 1.54) is 4.90 Å². The predicted molar refractivity (Wildman–Crippen MR) is 125 cm³/mol. The highest BCUT2D eigenvalue weighted by molar-refractivity contribution is 6.17. The number of aliphatic hydroxyl groups excluding tert-OH is 1. The minimum absolute atomic E-state index is 0.121. The molecule has 0 aromatic heterocycles. The molecule has 0 saturated carbocycles. The second kappa shape index (κ2) is 9.11. The largest absolute Gasteiger partial charge is 0.493 e. The van der Waals surface area contributed by atoms with Gasteiger partial charge in [0.15, 0.2) is 6.23 Å². The Morgan fingerprint density at radius 3 is 2.24 bits per heavy atom. The Hall–Kier alpha value is -3.58. The van der Waals surface area contributed by atoms with Gasteiger partial charge < -0.3 is 19.7 Å². The van der Waals surface area contributed by atoms with Crippen molar-refractivity contribution in [3.63, 3.8) is 0 Å². The van der Waals surface area contributed by atoms with Crippen LogP contribution >= 0.6 is 0 Å². The van der Waals surface area contributed by atoms with Gasteiger partial charge in [-0.3, -0.25) is 14.5 Å². The molecular formula is C26H27NO6. The van der Waals surface area contributed by atoms with E-state index in [9.17, 15) is 14.7 Å². The lowest BCUT2D eigenvalue weighted by molar-refractivity contribution is -0.136. The van der Waals surface area contributed by atoms with Crippen LogP contribution in [0.1, 0.15) is 48.5 Å². The summed E-state index contributed by atoms with van der Waals surface area (Å²) in [4.78, 5) is 26.0. The van der Waals surface area contributed by atoms with Crippen LogP contribution in [-0.4, -0.2) is 35.3 Å². The van der Waals surface area contributed by atoms with E-state index in [0.717, 1.165) is 10.8 Å². The third kappa shape index (κ3) is 4.12. The van der Waals surface area contributed by atoms with Crippen LogP contribution in [0.25, 0.3) is 10.8 Å². The maximum atomic E-state index is 13.7. The van der Waals surface area contributed by atoms with Crippen LogP contribution in [0.5, 0.6) is 11.5 Å². The number of hydrogen-bond donors (Lipinski definition) is 2. The molecule has 7 heteroatoms. The summed E-state index contributed by atoms with van der Waals surface area (Å²) >= 11 is 0. The molecule has 2 N–H and O–H groups in total. The van der Waals surface area contributed by atoms with E-state index in [-0.39, 0.29) is 12.3 Å². The van der Waals surface area contributed by atoms with Crippen molar-refractivity contribution in [2.24, 2.45) is 5.92 Å². The van der Waals surface area contributed by atoms with Crippen molar-refractivity contribution in [1.82, 2.24) is 0 Å². The van der Waals surface area contributed by atoms with Crippen molar-refractivity contribution < 1.29 is 29.3 Å². The molecule has 0 fully saturated rings. The zero-order chi connectivity index (χ0) is 23.7. The Labute approximate surface area is 192 Å². The monoisotopic (exact) mass is 449 g/mol. The lowest BCUT2D eigenvalue weighted by Gasteiger charge is -2.22. The van der Waals surface area contributed by atoms with E-state index in [1.807, 2.05) is 45.0 Å². The molecule has 0 spiro atoms. The maximum absolute atomic E-state index is 13.7. The Morgan fingerprint density at radius 1 is 1.03 bits per heavy atom. The Bertz CT molecular complexity index is 1200. The van der Waals surface area contributed by atoms with Crippen molar-refractivity contribution >= 4 is 28.3 Å². The minimum Gasteiger partial charge on any atom is -0.493 e. The number of carboxylic acids is 1. The van der Waals surface area contributed by atoms with Crippen LogP contribution in [0.15, 0.2) is 48.5 Å². The molecule has 0 aliphatic carbocycles. The normalized spacial score (nSPS) is 15.2. The molecule has 0 bridgehead atoms. The first kappa shape index (κ1) is 22.6. The summed E-state index contributed by atoms with van der Waals surface area (Å²) < 4.78 is 12.1. The Morgan fingerprint density at radius 2 is 1.67 bits per heavy atom. The molecule has 1 aliphatic heterocycles. The molecule has 1 atom stereocenters. The van der Waals surface area contributed by atoms with Gasteiger partial charge >= 0.3 is 5.97 Å². The lowest BCUT2D eigenvalue weighted by atomic mass is 9.98. The van der Waals surface area contributed by atoms with Gasteiger partial charge in [0.25, 0.3) is 5.91 Å². The van der Waals surface area contributed by atoms with Gasteiger partial charge in [-0.2, -0.15) is 0 Å². The van der Waals surface area contributed by atoms with Crippen molar-refractivity contribution in [2.45, 2.75) is 33.4 Å². The summed E-state index contributed by atoms with van der Waals surface area (Å²) in [5.41, 5.74) is 1.74. The quantitative estimate of drug-likeness (QED) is 0.524. The third-order valence-corrected chi connectivity index (χ3v) is 5.51. The van der Waals surface area contributed by atoms with E-state index in [2.05, 4.69) is 0 Å². The molecule has 1 aliphatic rings. The van der Waals surface area contributed by atoms with Crippen molar-refractivity contribution in [3.8, 4) is 11.5 Å². The second-order valence-corrected chi connectivity index (χ2v) is 8.42. The van der Waals surface area contributed by atoms with Gasteiger partial charge in [0.05, 0.1) is 30.8 Å². The fraction of sp³-hybridized carbons (Fsp3) is 0.308. The van der Waals surface area contributed by atoms with Gasteiger partial charge in [-0.15, -0.1) is 0 Å². The molecule has 172 valence electrons. The molecule has 0 saturated heterocycles. The molecule has 3 aromatic carbocycles. The minimum atomic E-state index is -1.27. The number of aliphatic hydroxyl groups is 1.